The molecular formula is C25H22N4O2. The first kappa shape index (κ1) is 19.1. The fourth-order valence-electron chi connectivity index (χ4n) is 3.77. The van der Waals surface area contributed by atoms with Crippen LogP contribution in [0.25, 0.3) is 11.3 Å². The van der Waals surface area contributed by atoms with Crippen LogP contribution >= 0.6 is 0 Å². The van der Waals surface area contributed by atoms with Crippen LogP contribution in [0.4, 0.5) is 0 Å². The van der Waals surface area contributed by atoms with Crippen molar-refractivity contribution in [2.75, 3.05) is 6.61 Å². The Bertz CT molecular complexity index is 1270. The Morgan fingerprint density at radius 3 is 2.61 bits per heavy atom. The van der Waals surface area contributed by atoms with Gasteiger partial charge in [-0.05, 0) is 57.2 Å². The average Bonchev–Trinajstić information content (AvgIpc) is 3.15. The molecule has 2 aliphatic rings. The molecule has 0 saturated carbocycles. The van der Waals surface area contributed by atoms with E-state index in [4.69, 9.17) is 20.2 Å². The van der Waals surface area contributed by atoms with E-state index < -0.39 is 5.54 Å². The largest absolute Gasteiger partial charge is 0.462 e. The van der Waals surface area contributed by atoms with Crippen LogP contribution in [0.3, 0.4) is 0 Å². The van der Waals surface area contributed by atoms with Crippen LogP contribution in [-0.4, -0.2) is 22.6 Å². The highest BCUT2D eigenvalue weighted by molar-refractivity contribution is 5.77. The van der Waals surface area contributed by atoms with Gasteiger partial charge >= 0.3 is 0 Å². The molecule has 154 valence electrons. The van der Waals surface area contributed by atoms with Crippen LogP contribution in [0, 0.1) is 17.3 Å². The molecule has 3 aromatic rings. The van der Waals surface area contributed by atoms with Crippen LogP contribution in [0.1, 0.15) is 37.5 Å². The third kappa shape index (κ3) is 3.38. The van der Waals surface area contributed by atoms with Gasteiger partial charge in [0.15, 0.2) is 11.3 Å². The van der Waals surface area contributed by atoms with E-state index in [9.17, 15) is 0 Å². The first-order chi connectivity index (χ1) is 14.8. The first-order valence-corrected chi connectivity index (χ1v) is 10.1. The van der Waals surface area contributed by atoms with Crippen molar-refractivity contribution in [3.05, 3.63) is 71.7 Å². The Hall–Kier alpha value is -3.85. The predicted molar refractivity (Wildman–Crippen MR) is 119 cm³/mol. The molecule has 0 aliphatic carbocycles. The molecular weight excluding hydrogens is 388 g/mol. The van der Waals surface area contributed by atoms with E-state index in [-0.39, 0.29) is 18.0 Å². The summed E-state index contributed by atoms with van der Waals surface area (Å²) in [5, 5.41) is 0. The Labute approximate surface area is 181 Å². The molecule has 0 fully saturated rings. The van der Waals surface area contributed by atoms with Crippen molar-refractivity contribution in [3.8, 4) is 34.6 Å². The summed E-state index contributed by atoms with van der Waals surface area (Å²) in [6.45, 7) is 6.54. The van der Waals surface area contributed by atoms with Gasteiger partial charge in [0.1, 0.15) is 12.4 Å². The number of fused-ring (bicyclic) bond motifs is 4. The molecule has 0 amide bonds. The van der Waals surface area contributed by atoms with Crippen molar-refractivity contribution in [2.24, 2.45) is 16.1 Å². The molecule has 4 heterocycles. The van der Waals surface area contributed by atoms with Gasteiger partial charge in [-0.15, -0.1) is 0 Å². The zero-order valence-electron chi connectivity index (χ0n) is 17.6. The summed E-state index contributed by atoms with van der Waals surface area (Å²) in [5.74, 6) is 7.89. The number of hydrogen-bond donors (Lipinski definition) is 1. The van der Waals surface area contributed by atoms with Crippen LogP contribution in [0.2, 0.25) is 0 Å². The lowest BCUT2D eigenvalue weighted by Gasteiger charge is -2.33. The average molecular weight is 410 g/mol. The fraction of sp³-hybridized carbons (Fsp3) is 0.240. The molecule has 0 bridgehead atoms. The highest BCUT2D eigenvalue weighted by Crippen LogP contribution is 2.51. The standard InChI is InChI=1S/C25H22N4O2/c1-24(2,3)9-8-16-6-7-21-18(11-16)25(15-30-23(26)29-25)19-12-20(28-14-22(19)31-21)17-5-4-10-27-13-17/h4-7,10-14H,15H2,1-3H3,(H2,26,29)/t25-/m1/s1. The maximum Gasteiger partial charge on any atom is 0.283 e. The number of pyridine rings is 2. The topological polar surface area (TPSA) is 82.6 Å². The lowest BCUT2D eigenvalue weighted by atomic mass is 9.80. The molecule has 2 aliphatic heterocycles. The number of aromatic nitrogens is 2. The van der Waals surface area contributed by atoms with Gasteiger partial charge in [0.2, 0.25) is 0 Å². The van der Waals surface area contributed by atoms with Crippen molar-refractivity contribution in [1.29, 1.82) is 0 Å². The number of nitrogens with two attached hydrogens (primary N) is 1. The van der Waals surface area contributed by atoms with Gasteiger partial charge in [-0.3, -0.25) is 9.97 Å². The molecule has 6 nitrogen and oxygen atoms in total. The summed E-state index contributed by atoms with van der Waals surface area (Å²) in [5.41, 5.74) is 9.40. The maximum absolute atomic E-state index is 6.20. The summed E-state index contributed by atoms with van der Waals surface area (Å²) < 4.78 is 11.9. The highest BCUT2D eigenvalue weighted by Gasteiger charge is 2.47. The van der Waals surface area contributed by atoms with Crippen LogP contribution in [-0.2, 0) is 10.3 Å². The molecule has 0 unspecified atom stereocenters. The first-order valence-electron chi connectivity index (χ1n) is 10.1. The number of ether oxygens (including phenoxy) is 2. The smallest absolute Gasteiger partial charge is 0.283 e. The Balaban J connectivity index is 1.69. The minimum absolute atomic E-state index is 0.0972. The number of nitrogens with zero attached hydrogens (tertiary/aromatic N) is 3. The lowest BCUT2D eigenvalue weighted by molar-refractivity contribution is 0.264. The van der Waals surface area contributed by atoms with Crippen LogP contribution < -0.4 is 10.5 Å². The van der Waals surface area contributed by atoms with Crippen molar-refractivity contribution in [3.63, 3.8) is 0 Å². The van der Waals surface area contributed by atoms with Gasteiger partial charge in [0.25, 0.3) is 6.02 Å². The SMILES string of the molecule is CC(C)(C)C#Cc1ccc2c(c1)[C@]1(COC(N)=N1)c1cc(-c3cccnc3)ncc1O2. The van der Waals surface area contributed by atoms with Gasteiger partial charge < -0.3 is 15.2 Å². The summed E-state index contributed by atoms with van der Waals surface area (Å²) in [7, 11) is 0. The normalized spacial score (nSPS) is 18.7. The van der Waals surface area contributed by atoms with Crippen LogP contribution in [0.15, 0.2) is 60.0 Å². The molecule has 2 aromatic heterocycles. The molecule has 1 spiro atoms. The van der Waals surface area contributed by atoms with E-state index in [1.54, 1.807) is 18.6 Å². The number of benzene rings is 1. The van der Waals surface area contributed by atoms with Gasteiger partial charge in [0, 0.05) is 40.1 Å². The number of amidine groups is 1. The predicted octanol–water partition coefficient (Wildman–Crippen LogP) is 4.24. The Morgan fingerprint density at radius 2 is 1.90 bits per heavy atom. The van der Waals surface area contributed by atoms with E-state index >= 15 is 0 Å². The molecule has 1 aromatic carbocycles. The third-order valence-corrected chi connectivity index (χ3v) is 5.23. The monoisotopic (exact) mass is 410 g/mol. The summed E-state index contributed by atoms with van der Waals surface area (Å²) in [6, 6.07) is 11.9. The Morgan fingerprint density at radius 1 is 1.06 bits per heavy atom. The Kier molecular flexibility index (Phi) is 4.23. The molecule has 6 heteroatoms. The molecule has 31 heavy (non-hydrogen) atoms. The molecule has 2 N–H and O–H groups in total. The number of rotatable bonds is 1. The second kappa shape index (κ2) is 6.85. The van der Waals surface area contributed by atoms with Crippen molar-refractivity contribution in [1.82, 2.24) is 9.97 Å². The molecule has 1 atom stereocenters. The van der Waals surface area contributed by atoms with Crippen LogP contribution in [0.5, 0.6) is 11.5 Å². The highest BCUT2D eigenvalue weighted by atomic mass is 16.5. The molecule has 5 rings (SSSR count). The second-order valence-electron chi connectivity index (χ2n) is 8.72. The fourth-order valence-corrected chi connectivity index (χ4v) is 3.77. The lowest BCUT2D eigenvalue weighted by Crippen LogP contribution is -2.31. The number of aliphatic imine (C=N–C) groups is 1. The molecule has 0 saturated heterocycles. The quantitative estimate of drug-likeness (QED) is 0.607. The van der Waals surface area contributed by atoms with Gasteiger partial charge in [-0.1, -0.05) is 11.8 Å². The summed E-state index contributed by atoms with van der Waals surface area (Å²) >= 11 is 0. The van der Waals surface area contributed by atoms with Crippen molar-refractivity contribution >= 4 is 6.02 Å². The van der Waals surface area contributed by atoms with E-state index in [2.05, 4.69) is 42.6 Å². The van der Waals surface area contributed by atoms with E-state index in [1.807, 2.05) is 36.4 Å². The van der Waals surface area contributed by atoms with Crippen molar-refractivity contribution < 1.29 is 9.47 Å². The minimum atomic E-state index is -0.813. The van der Waals surface area contributed by atoms with E-state index in [0.717, 1.165) is 27.9 Å². The maximum atomic E-state index is 6.20. The van der Waals surface area contributed by atoms with Crippen molar-refractivity contribution in [2.45, 2.75) is 26.3 Å². The zero-order chi connectivity index (χ0) is 21.6. The third-order valence-electron chi connectivity index (χ3n) is 5.23. The summed E-state index contributed by atoms with van der Waals surface area (Å²) in [6.07, 6.45) is 5.24. The summed E-state index contributed by atoms with van der Waals surface area (Å²) in [4.78, 5) is 13.5. The second-order valence-corrected chi connectivity index (χ2v) is 8.72. The van der Waals surface area contributed by atoms with Gasteiger partial charge in [-0.25, -0.2) is 4.99 Å². The molecule has 0 radical (unpaired) electrons. The number of hydrogen-bond acceptors (Lipinski definition) is 6. The minimum Gasteiger partial charge on any atom is -0.462 e. The van der Waals surface area contributed by atoms with E-state index in [1.165, 1.54) is 0 Å². The van der Waals surface area contributed by atoms with Gasteiger partial charge in [0.05, 0.1) is 11.9 Å². The van der Waals surface area contributed by atoms with E-state index in [0.29, 0.717) is 11.5 Å². The zero-order valence-corrected chi connectivity index (χ0v) is 17.6. The van der Waals surface area contributed by atoms with Gasteiger partial charge in [-0.2, -0.15) is 0 Å².